The number of aromatic nitrogens is 4. The van der Waals surface area contributed by atoms with Crippen LogP contribution in [0.4, 0.5) is 0 Å². The second kappa shape index (κ2) is 7.19. The van der Waals surface area contributed by atoms with Crippen molar-refractivity contribution in [2.45, 2.75) is 25.7 Å². The van der Waals surface area contributed by atoms with E-state index in [4.69, 9.17) is 4.42 Å². The van der Waals surface area contributed by atoms with Crippen LogP contribution in [0.1, 0.15) is 46.3 Å². The van der Waals surface area contributed by atoms with E-state index < -0.39 is 0 Å². The highest BCUT2D eigenvalue weighted by Crippen LogP contribution is 2.31. The van der Waals surface area contributed by atoms with Gasteiger partial charge >= 0.3 is 0 Å². The quantitative estimate of drug-likeness (QED) is 0.526. The van der Waals surface area contributed by atoms with E-state index in [2.05, 4.69) is 16.3 Å². The Morgan fingerprint density at radius 2 is 2.00 bits per heavy atom. The standard InChI is InChI=1S/C22H20N6O2/c1-15-19(17(13-23)22(30-15)26-9-4-5-10-26)21(29)27-11-6-7-16(14-27)20-25-24-18-8-2-3-12-28(18)20/h2-5,8-10,12,16H,6-7,11,14H2,1H3/t16-/m1/s1. The van der Waals surface area contributed by atoms with Gasteiger partial charge in [-0.05, 0) is 44.0 Å². The lowest BCUT2D eigenvalue weighted by Gasteiger charge is -2.32. The molecule has 4 aromatic heterocycles. The van der Waals surface area contributed by atoms with Crippen molar-refractivity contribution in [3.63, 3.8) is 0 Å². The summed E-state index contributed by atoms with van der Waals surface area (Å²) in [7, 11) is 0. The van der Waals surface area contributed by atoms with Crippen LogP contribution in [0.15, 0.2) is 53.3 Å². The first kappa shape index (κ1) is 18.2. The zero-order chi connectivity index (χ0) is 20.7. The van der Waals surface area contributed by atoms with Crippen molar-refractivity contribution in [2.75, 3.05) is 13.1 Å². The third kappa shape index (κ3) is 2.87. The average Bonchev–Trinajstić information content (AvgIpc) is 3.51. The van der Waals surface area contributed by atoms with Crippen LogP contribution in [-0.2, 0) is 0 Å². The monoisotopic (exact) mass is 400 g/mol. The van der Waals surface area contributed by atoms with Crippen LogP contribution in [-0.4, -0.2) is 43.1 Å². The van der Waals surface area contributed by atoms with Crippen molar-refractivity contribution >= 4 is 11.6 Å². The molecular formula is C22H20N6O2. The van der Waals surface area contributed by atoms with Crippen LogP contribution in [0.5, 0.6) is 0 Å². The molecule has 1 aliphatic heterocycles. The lowest BCUT2D eigenvalue weighted by Crippen LogP contribution is -2.40. The summed E-state index contributed by atoms with van der Waals surface area (Å²) in [6.45, 7) is 2.90. The van der Waals surface area contributed by atoms with Gasteiger partial charge in [0.05, 0.1) is 0 Å². The third-order valence-corrected chi connectivity index (χ3v) is 5.64. The summed E-state index contributed by atoms with van der Waals surface area (Å²) in [6, 6.07) is 11.7. The Kier molecular flexibility index (Phi) is 4.36. The number of rotatable bonds is 3. The van der Waals surface area contributed by atoms with Crippen molar-refractivity contribution in [1.82, 2.24) is 24.1 Å². The summed E-state index contributed by atoms with van der Waals surface area (Å²) >= 11 is 0. The van der Waals surface area contributed by atoms with E-state index in [0.29, 0.717) is 30.3 Å². The van der Waals surface area contributed by atoms with Gasteiger partial charge in [0.2, 0.25) is 5.88 Å². The molecule has 0 N–H and O–H groups in total. The van der Waals surface area contributed by atoms with Crippen LogP contribution >= 0.6 is 0 Å². The maximum Gasteiger partial charge on any atom is 0.258 e. The summed E-state index contributed by atoms with van der Waals surface area (Å²) in [5.41, 5.74) is 1.40. The Morgan fingerprint density at radius 3 is 2.80 bits per heavy atom. The van der Waals surface area contributed by atoms with Crippen molar-refractivity contribution in [2.24, 2.45) is 0 Å². The molecule has 150 valence electrons. The van der Waals surface area contributed by atoms with E-state index in [0.717, 1.165) is 24.3 Å². The second-order valence-corrected chi connectivity index (χ2v) is 7.49. The Labute approximate surface area is 173 Å². The molecule has 30 heavy (non-hydrogen) atoms. The van der Waals surface area contributed by atoms with Crippen molar-refractivity contribution in [3.8, 4) is 12.0 Å². The van der Waals surface area contributed by atoms with Gasteiger partial charge in [-0.2, -0.15) is 5.26 Å². The van der Waals surface area contributed by atoms with Crippen LogP contribution in [0.3, 0.4) is 0 Å². The normalized spacial score (nSPS) is 16.7. The Morgan fingerprint density at radius 1 is 1.20 bits per heavy atom. The molecule has 4 aromatic rings. The number of hydrogen-bond donors (Lipinski definition) is 0. The van der Waals surface area contributed by atoms with Crippen LogP contribution in [0.25, 0.3) is 11.5 Å². The van der Waals surface area contributed by atoms with Crippen molar-refractivity contribution in [3.05, 3.63) is 71.6 Å². The number of carbonyl (C=O) groups is 1. The van der Waals surface area contributed by atoms with Gasteiger partial charge in [0.1, 0.15) is 28.8 Å². The number of fused-ring (bicyclic) bond motifs is 1. The molecule has 0 bridgehead atoms. The van der Waals surface area contributed by atoms with E-state index in [9.17, 15) is 10.1 Å². The number of aryl methyl sites for hydroxylation is 1. The Balaban J connectivity index is 1.46. The number of furan rings is 1. The minimum absolute atomic E-state index is 0.0850. The molecule has 0 saturated carbocycles. The molecule has 5 heterocycles. The molecular weight excluding hydrogens is 380 g/mol. The summed E-state index contributed by atoms with van der Waals surface area (Å²) in [5, 5.41) is 18.4. The highest BCUT2D eigenvalue weighted by molar-refractivity contribution is 5.98. The first-order chi connectivity index (χ1) is 14.7. The fourth-order valence-electron chi connectivity index (χ4n) is 4.21. The maximum atomic E-state index is 13.4. The number of likely N-dealkylation sites (tertiary alicyclic amines) is 1. The largest absolute Gasteiger partial charge is 0.443 e. The van der Waals surface area contributed by atoms with E-state index in [1.54, 1.807) is 28.8 Å². The van der Waals surface area contributed by atoms with Crippen LogP contribution in [0.2, 0.25) is 0 Å². The van der Waals surface area contributed by atoms with Crippen LogP contribution < -0.4 is 0 Å². The number of nitriles is 1. The summed E-state index contributed by atoms with van der Waals surface area (Å²) in [4.78, 5) is 15.2. The minimum atomic E-state index is -0.176. The van der Waals surface area contributed by atoms with E-state index in [-0.39, 0.29) is 17.4 Å². The third-order valence-electron chi connectivity index (χ3n) is 5.64. The number of hydrogen-bond acceptors (Lipinski definition) is 5. The number of nitrogens with zero attached hydrogens (tertiary/aromatic N) is 6. The number of amides is 1. The highest BCUT2D eigenvalue weighted by Gasteiger charge is 2.32. The molecule has 1 amide bonds. The molecule has 0 spiro atoms. The fourth-order valence-corrected chi connectivity index (χ4v) is 4.21. The average molecular weight is 400 g/mol. The molecule has 1 fully saturated rings. The van der Waals surface area contributed by atoms with Gasteiger partial charge in [0, 0.05) is 37.6 Å². The molecule has 0 radical (unpaired) electrons. The van der Waals surface area contributed by atoms with Gasteiger partial charge in [0.25, 0.3) is 5.91 Å². The second-order valence-electron chi connectivity index (χ2n) is 7.49. The van der Waals surface area contributed by atoms with Crippen LogP contribution in [0, 0.1) is 18.3 Å². The van der Waals surface area contributed by atoms with Gasteiger partial charge in [-0.1, -0.05) is 6.07 Å². The van der Waals surface area contributed by atoms with E-state index in [1.165, 1.54) is 0 Å². The fraction of sp³-hybridized carbons (Fsp3) is 0.273. The van der Waals surface area contributed by atoms with Gasteiger partial charge in [-0.25, -0.2) is 0 Å². The smallest absolute Gasteiger partial charge is 0.258 e. The predicted molar refractivity (Wildman–Crippen MR) is 108 cm³/mol. The molecule has 0 aromatic carbocycles. The first-order valence-electron chi connectivity index (χ1n) is 9.93. The number of carbonyl (C=O) groups excluding carboxylic acids is 1. The highest BCUT2D eigenvalue weighted by atomic mass is 16.4. The number of pyridine rings is 1. The van der Waals surface area contributed by atoms with E-state index >= 15 is 0 Å². The summed E-state index contributed by atoms with van der Waals surface area (Å²) in [6.07, 6.45) is 7.33. The predicted octanol–water partition coefficient (Wildman–Crippen LogP) is 3.31. The van der Waals surface area contributed by atoms with E-state index in [1.807, 2.05) is 40.9 Å². The molecule has 0 aliphatic carbocycles. The molecule has 1 aliphatic rings. The lowest BCUT2D eigenvalue weighted by atomic mass is 9.96. The molecule has 1 atom stereocenters. The van der Waals surface area contributed by atoms with Crippen molar-refractivity contribution in [1.29, 1.82) is 5.26 Å². The molecule has 8 heteroatoms. The van der Waals surface area contributed by atoms with Gasteiger partial charge in [-0.3, -0.25) is 13.8 Å². The van der Waals surface area contributed by atoms with Crippen molar-refractivity contribution < 1.29 is 9.21 Å². The molecule has 5 rings (SSSR count). The number of piperidine rings is 1. The summed E-state index contributed by atoms with van der Waals surface area (Å²) in [5.74, 6) is 1.60. The first-order valence-corrected chi connectivity index (χ1v) is 9.93. The molecule has 8 nitrogen and oxygen atoms in total. The molecule has 1 saturated heterocycles. The zero-order valence-electron chi connectivity index (χ0n) is 16.5. The summed E-state index contributed by atoms with van der Waals surface area (Å²) < 4.78 is 9.51. The molecule has 0 unspecified atom stereocenters. The lowest BCUT2D eigenvalue weighted by molar-refractivity contribution is 0.0702. The Hall–Kier alpha value is -3.86. The van der Waals surface area contributed by atoms with Gasteiger partial charge < -0.3 is 9.32 Å². The van der Waals surface area contributed by atoms with Gasteiger partial charge in [0.15, 0.2) is 5.65 Å². The topological polar surface area (TPSA) is 92.4 Å². The maximum absolute atomic E-state index is 13.4. The van der Waals surface area contributed by atoms with Gasteiger partial charge in [-0.15, -0.1) is 10.2 Å². The zero-order valence-corrected chi connectivity index (χ0v) is 16.5. The minimum Gasteiger partial charge on any atom is -0.443 e. The SMILES string of the molecule is Cc1oc(-n2cccc2)c(C#N)c1C(=O)N1CCC[C@@H](c2nnc3ccccn23)C1. The Bertz CT molecular complexity index is 1260.